The third-order valence-corrected chi connectivity index (χ3v) is 3.70. The molecule has 0 saturated heterocycles. The second kappa shape index (κ2) is 6.52. The van der Waals surface area contributed by atoms with E-state index in [1.807, 2.05) is 13.2 Å². The number of tetrazole rings is 1. The lowest BCUT2D eigenvalue weighted by molar-refractivity contribution is 0.0941. The van der Waals surface area contributed by atoms with E-state index < -0.39 is 0 Å². The largest absolute Gasteiger partial charge is 0.349 e. The number of amides is 1. The summed E-state index contributed by atoms with van der Waals surface area (Å²) in [6, 6.07) is 1.77. The van der Waals surface area contributed by atoms with Gasteiger partial charge in [0, 0.05) is 45.0 Å². The van der Waals surface area contributed by atoms with Gasteiger partial charge in [0.1, 0.15) is 5.69 Å². The highest BCUT2D eigenvalue weighted by atomic mass is 16.1. The minimum absolute atomic E-state index is 0.0928. The number of aromatic amines is 1. The Hall–Kier alpha value is -2.48. The molecule has 0 saturated carbocycles. The fraction of sp³-hybridized carbons (Fsp3) is 0.429. The van der Waals surface area contributed by atoms with Crippen LogP contribution in [-0.2, 0) is 7.05 Å². The van der Waals surface area contributed by atoms with Crippen LogP contribution in [0.4, 0.5) is 0 Å². The molecule has 0 atom stereocenters. The van der Waals surface area contributed by atoms with Gasteiger partial charge in [0.15, 0.2) is 0 Å². The van der Waals surface area contributed by atoms with Gasteiger partial charge in [0.05, 0.1) is 0 Å². The number of nitrogens with zero attached hydrogens (tertiary/aromatic N) is 5. The standard InChI is InChI=1S/C14H19N7O/c1-20-10-11(13-16-18-19-17-13)9-12(20)14(22)15-5-8-21-6-3-2-4-7-21/h2-3,9-10H,4-8H2,1H3,(H,15,22)(H,16,17,18,19). The van der Waals surface area contributed by atoms with Crippen molar-refractivity contribution in [2.75, 3.05) is 26.2 Å². The van der Waals surface area contributed by atoms with Crippen LogP contribution >= 0.6 is 0 Å². The fourth-order valence-corrected chi connectivity index (χ4v) is 2.51. The number of rotatable bonds is 5. The lowest BCUT2D eigenvalue weighted by Crippen LogP contribution is -2.36. The van der Waals surface area contributed by atoms with Crippen molar-refractivity contribution in [1.82, 2.24) is 35.4 Å². The van der Waals surface area contributed by atoms with E-state index >= 15 is 0 Å². The van der Waals surface area contributed by atoms with Crippen molar-refractivity contribution in [3.05, 3.63) is 30.1 Å². The van der Waals surface area contributed by atoms with Gasteiger partial charge in [-0.2, -0.15) is 5.21 Å². The van der Waals surface area contributed by atoms with E-state index in [4.69, 9.17) is 0 Å². The molecule has 116 valence electrons. The number of nitrogens with one attached hydrogen (secondary N) is 2. The summed E-state index contributed by atoms with van der Waals surface area (Å²) in [6.45, 7) is 3.51. The van der Waals surface area contributed by atoms with E-state index in [1.165, 1.54) is 0 Å². The first-order chi connectivity index (χ1) is 10.7. The molecule has 0 radical (unpaired) electrons. The average Bonchev–Trinajstić information content (AvgIpc) is 3.17. The summed E-state index contributed by atoms with van der Waals surface area (Å²) in [4.78, 5) is 14.6. The highest BCUT2D eigenvalue weighted by molar-refractivity contribution is 5.94. The zero-order valence-electron chi connectivity index (χ0n) is 12.5. The van der Waals surface area contributed by atoms with Gasteiger partial charge in [-0.25, -0.2) is 0 Å². The zero-order chi connectivity index (χ0) is 15.4. The molecular weight excluding hydrogens is 282 g/mol. The van der Waals surface area contributed by atoms with Crippen molar-refractivity contribution in [2.45, 2.75) is 6.42 Å². The Kier molecular flexibility index (Phi) is 4.29. The molecule has 3 heterocycles. The molecule has 0 fully saturated rings. The van der Waals surface area contributed by atoms with Gasteiger partial charge < -0.3 is 9.88 Å². The number of aromatic nitrogens is 5. The number of carbonyl (C=O) groups excluding carboxylic acids is 1. The Morgan fingerprint density at radius 3 is 3.09 bits per heavy atom. The third-order valence-electron chi connectivity index (χ3n) is 3.70. The topological polar surface area (TPSA) is 91.7 Å². The Morgan fingerprint density at radius 1 is 1.45 bits per heavy atom. The summed E-state index contributed by atoms with van der Waals surface area (Å²) < 4.78 is 1.77. The van der Waals surface area contributed by atoms with Crippen molar-refractivity contribution in [2.24, 2.45) is 7.05 Å². The van der Waals surface area contributed by atoms with E-state index in [-0.39, 0.29) is 5.91 Å². The van der Waals surface area contributed by atoms with Crippen LogP contribution in [0.25, 0.3) is 11.4 Å². The van der Waals surface area contributed by atoms with Crippen LogP contribution in [-0.4, -0.2) is 62.2 Å². The molecule has 0 spiro atoms. The molecule has 8 heteroatoms. The van der Waals surface area contributed by atoms with Crippen molar-refractivity contribution in [3.8, 4) is 11.4 Å². The van der Waals surface area contributed by atoms with Crippen LogP contribution in [0.2, 0.25) is 0 Å². The zero-order valence-corrected chi connectivity index (χ0v) is 12.5. The second-order valence-corrected chi connectivity index (χ2v) is 5.28. The van der Waals surface area contributed by atoms with Crippen LogP contribution in [0.1, 0.15) is 16.9 Å². The van der Waals surface area contributed by atoms with Crippen LogP contribution in [0.3, 0.4) is 0 Å². The number of H-pyrrole nitrogens is 1. The van der Waals surface area contributed by atoms with Crippen molar-refractivity contribution in [1.29, 1.82) is 0 Å². The van der Waals surface area contributed by atoms with Gasteiger partial charge in [0.2, 0.25) is 5.82 Å². The minimum atomic E-state index is -0.0928. The van der Waals surface area contributed by atoms with Gasteiger partial charge >= 0.3 is 0 Å². The maximum Gasteiger partial charge on any atom is 0.267 e. The highest BCUT2D eigenvalue weighted by Gasteiger charge is 2.15. The number of hydrogen-bond acceptors (Lipinski definition) is 5. The number of aryl methyl sites for hydroxylation is 1. The Morgan fingerprint density at radius 2 is 2.36 bits per heavy atom. The molecule has 2 aromatic rings. The summed E-state index contributed by atoms with van der Waals surface area (Å²) >= 11 is 0. The summed E-state index contributed by atoms with van der Waals surface area (Å²) in [5.74, 6) is 0.388. The van der Waals surface area contributed by atoms with Crippen LogP contribution in [0, 0.1) is 0 Å². The Bertz CT molecular complexity index is 659. The minimum Gasteiger partial charge on any atom is -0.349 e. The molecule has 0 aromatic carbocycles. The predicted molar refractivity (Wildman–Crippen MR) is 81.1 cm³/mol. The molecule has 0 unspecified atom stereocenters. The monoisotopic (exact) mass is 301 g/mol. The smallest absolute Gasteiger partial charge is 0.267 e. The second-order valence-electron chi connectivity index (χ2n) is 5.28. The van der Waals surface area contributed by atoms with Gasteiger partial charge in [-0.3, -0.25) is 9.69 Å². The van der Waals surface area contributed by atoms with E-state index in [9.17, 15) is 4.79 Å². The van der Waals surface area contributed by atoms with Gasteiger partial charge in [0.25, 0.3) is 5.91 Å². The first-order valence-corrected chi connectivity index (χ1v) is 7.30. The van der Waals surface area contributed by atoms with Gasteiger partial charge in [-0.05, 0) is 17.7 Å². The lowest BCUT2D eigenvalue weighted by Gasteiger charge is -2.22. The van der Waals surface area contributed by atoms with Crippen molar-refractivity contribution in [3.63, 3.8) is 0 Å². The molecule has 2 aromatic heterocycles. The Labute approximate surface area is 128 Å². The maximum atomic E-state index is 12.3. The van der Waals surface area contributed by atoms with E-state index in [0.29, 0.717) is 18.1 Å². The molecule has 8 nitrogen and oxygen atoms in total. The SMILES string of the molecule is Cn1cc(-c2nn[nH]n2)cc1C(=O)NCCN1CC=CCC1. The average molecular weight is 301 g/mol. The van der Waals surface area contributed by atoms with E-state index in [1.54, 1.807) is 10.6 Å². The molecular formula is C14H19N7O. The maximum absolute atomic E-state index is 12.3. The normalized spacial score (nSPS) is 15.1. The third kappa shape index (κ3) is 3.22. The molecule has 0 aliphatic carbocycles. The molecule has 1 aliphatic heterocycles. The highest BCUT2D eigenvalue weighted by Crippen LogP contribution is 2.16. The molecule has 0 bridgehead atoms. The van der Waals surface area contributed by atoms with Crippen LogP contribution < -0.4 is 5.32 Å². The molecule has 1 aliphatic rings. The quantitative estimate of drug-likeness (QED) is 0.770. The van der Waals surface area contributed by atoms with Gasteiger partial charge in [-0.15, -0.1) is 10.2 Å². The summed E-state index contributed by atoms with van der Waals surface area (Å²) in [6.07, 6.45) is 7.26. The van der Waals surface area contributed by atoms with Gasteiger partial charge in [-0.1, -0.05) is 12.2 Å². The Balaban J connectivity index is 1.57. The first kappa shape index (κ1) is 14.5. The molecule has 2 N–H and O–H groups in total. The van der Waals surface area contributed by atoms with E-state index in [0.717, 1.165) is 31.6 Å². The van der Waals surface area contributed by atoms with Crippen LogP contribution in [0.15, 0.2) is 24.4 Å². The predicted octanol–water partition coefficient (Wildman–Crippen LogP) is 0.197. The van der Waals surface area contributed by atoms with Crippen LogP contribution in [0.5, 0.6) is 0 Å². The summed E-state index contributed by atoms with van der Waals surface area (Å²) in [5, 5.41) is 16.7. The fourth-order valence-electron chi connectivity index (χ4n) is 2.51. The number of hydrogen-bond donors (Lipinski definition) is 2. The number of carbonyl (C=O) groups is 1. The summed E-state index contributed by atoms with van der Waals surface area (Å²) in [5.41, 5.74) is 1.35. The summed E-state index contributed by atoms with van der Waals surface area (Å²) in [7, 11) is 1.83. The van der Waals surface area contributed by atoms with Crippen molar-refractivity contribution < 1.29 is 4.79 Å². The molecule has 3 rings (SSSR count). The lowest BCUT2D eigenvalue weighted by atomic mass is 10.2. The van der Waals surface area contributed by atoms with E-state index in [2.05, 4.69) is 43.0 Å². The molecule has 1 amide bonds. The van der Waals surface area contributed by atoms with Crippen molar-refractivity contribution >= 4 is 5.91 Å². The molecule has 22 heavy (non-hydrogen) atoms. The first-order valence-electron chi connectivity index (χ1n) is 7.30.